The lowest BCUT2D eigenvalue weighted by atomic mass is 10.1. The number of nitrogens with one attached hydrogen (secondary N) is 1. The van der Waals surface area contributed by atoms with E-state index in [-0.39, 0.29) is 6.04 Å². The maximum atomic E-state index is 5.71. The zero-order chi connectivity index (χ0) is 21.9. The lowest BCUT2D eigenvalue weighted by Crippen LogP contribution is -2.25. The highest BCUT2D eigenvalue weighted by Gasteiger charge is 2.32. The minimum atomic E-state index is -0.0246. The average Bonchev–Trinajstić information content (AvgIpc) is 3.49. The first-order chi connectivity index (χ1) is 15.7. The van der Waals surface area contributed by atoms with Crippen LogP contribution in [0.4, 0.5) is 17.6 Å². The molecule has 0 amide bonds. The van der Waals surface area contributed by atoms with Gasteiger partial charge in [-0.3, -0.25) is 0 Å². The van der Waals surface area contributed by atoms with Crippen molar-refractivity contribution < 1.29 is 9.26 Å². The van der Waals surface area contributed by atoms with Crippen LogP contribution in [0.3, 0.4) is 0 Å². The van der Waals surface area contributed by atoms with Crippen LogP contribution in [0.5, 0.6) is 5.88 Å². The van der Waals surface area contributed by atoms with Crippen molar-refractivity contribution in [1.29, 1.82) is 0 Å². The van der Waals surface area contributed by atoms with Gasteiger partial charge >= 0.3 is 0 Å². The Bertz CT molecular complexity index is 1210. The summed E-state index contributed by atoms with van der Waals surface area (Å²) >= 11 is 0. The third-order valence-electron chi connectivity index (χ3n) is 5.23. The molecule has 0 aromatic carbocycles. The fourth-order valence-corrected chi connectivity index (χ4v) is 3.82. The minimum absolute atomic E-state index is 0.0246. The highest BCUT2D eigenvalue weighted by molar-refractivity contribution is 5.60. The van der Waals surface area contributed by atoms with E-state index in [2.05, 4.69) is 35.3 Å². The molecule has 4 aromatic rings. The van der Waals surface area contributed by atoms with Crippen molar-refractivity contribution in [3.8, 4) is 17.3 Å². The van der Waals surface area contributed by atoms with Crippen LogP contribution >= 0.6 is 0 Å². The molecule has 5 heterocycles. The van der Waals surface area contributed by atoms with Crippen LogP contribution in [0.2, 0.25) is 0 Å². The predicted octanol–water partition coefficient (Wildman–Crippen LogP) is 3.72. The summed E-state index contributed by atoms with van der Waals surface area (Å²) in [6.07, 6.45) is 6.82. The highest BCUT2D eigenvalue weighted by Crippen LogP contribution is 2.37. The maximum absolute atomic E-state index is 5.71. The molecule has 0 spiro atoms. The SMILES string of the molecule is COc1nccnc1-c1cc([C@@H]2CCCN2c2nc(C)cc(Nc3ccccn3)n2)on1. The Kier molecular flexibility index (Phi) is 5.32. The Morgan fingerprint density at radius 3 is 2.81 bits per heavy atom. The van der Waals surface area contributed by atoms with Gasteiger partial charge in [0.15, 0.2) is 11.5 Å². The standard InChI is InChI=1S/C22H22N8O2/c1-14-12-19(27-18-7-3-4-8-23-18)28-22(26-14)30-11-5-6-16(30)17-13-15(29-32-17)20-21(31-2)25-10-9-24-20/h3-4,7-10,12-13,16H,5-6,11H2,1-2H3,(H,23,26,27,28)/t16-/m0/s1. The molecule has 0 bridgehead atoms. The van der Waals surface area contributed by atoms with Gasteiger partial charge in [0.2, 0.25) is 11.8 Å². The lowest BCUT2D eigenvalue weighted by Gasteiger charge is -2.23. The molecule has 5 rings (SSSR count). The smallest absolute Gasteiger partial charge is 0.242 e. The maximum Gasteiger partial charge on any atom is 0.242 e. The largest absolute Gasteiger partial charge is 0.479 e. The van der Waals surface area contributed by atoms with Crippen molar-refractivity contribution in [1.82, 2.24) is 30.1 Å². The molecule has 0 saturated carbocycles. The van der Waals surface area contributed by atoms with Crippen molar-refractivity contribution in [2.75, 3.05) is 23.9 Å². The quantitative estimate of drug-likeness (QED) is 0.485. The number of hydrogen-bond donors (Lipinski definition) is 1. The molecule has 4 aromatic heterocycles. The van der Waals surface area contributed by atoms with Crippen LogP contribution in [-0.4, -0.2) is 43.7 Å². The number of ether oxygens (including phenoxy) is 1. The summed E-state index contributed by atoms with van der Waals surface area (Å²) in [7, 11) is 1.55. The number of aryl methyl sites for hydroxylation is 1. The van der Waals surface area contributed by atoms with E-state index in [9.17, 15) is 0 Å². The predicted molar refractivity (Wildman–Crippen MR) is 118 cm³/mol. The number of aromatic nitrogens is 6. The summed E-state index contributed by atoms with van der Waals surface area (Å²) in [4.78, 5) is 24.4. The Hall–Kier alpha value is -4.08. The van der Waals surface area contributed by atoms with Crippen molar-refractivity contribution in [2.24, 2.45) is 0 Å². The summed E-state index contributed by atoms with van der Waals surface area (Å²) in [6, 6.07) is 9.46. The van der Waals surface area contributed by atoms with Gasteiger partial charge in [0.1, 0.15) is 17.3 Å². The Balaban J connectivity index is 1.43. The van der Waals surface area contributed by atoms with E-state index in [0.717, 1.165) is 36.7 Å². The van der Waals surface area contributed by atoms with E-state index in [1.54, 1.807) is 25.7 Å². The summed E-state index contributed by atoms with van der Waals surface area (Å²) in [5.74, 6) is 3.20. The molecule has 1 aliphatic rings. The zero-order valence-corrected chi connectivity index (χ0v) is 17.8. The summed E-state index contributed by atoms with van der Waals surface area (Å²) < 4.78 is 11.0. The van der Waals surface area contributed by atoms with Crippen LogP contribution in [0.1, 0.15) is 30.3 Å². The number of rotatable bonds is 6. The monoisotopic (exact) mass is 430 g/mol. The molecule has 1 fully saturated rings. The van der Waals surface area contributed by atoms with E-state index in [0.29, 0.717) is 29.0 Å². The molecule has 10 nitrogen and oxygen atoms in total. The third-order valence-corrected chi connectivity index (χ3v) is 5.23. The van der Waals surface area contributed by atoms with Gasteiger partial charge in [-0.05, 0) is 31.9 Å². The second kappa shape index (κ2) is 8.58. The molecule has 0 unspecified atom stereocenters. The van der Waals surface area contributed by atoms with Gasteiger partial charge in [-0.1, -0.05) is 11.2 Å². The zero-order valence-electron chi connectivity index (χ0n) is 17.8. The van der Waals surface area contributed by atoms with Gasteiger partial charge in [0, 0.05) is 43.0 Å². The molecular weight excluding hydrogens is 408 g/mol. The Morgan fingerprint density at radius 2 is 1.97 bits per heavy atom. The molecule has 1 N–H and O–H groups in total. The Morgan fingerprint density at radius 1 is 1.06 bits per heavy atom. The molecule has 1 saturated heterocycles. The molecule has 1 atom stereocenters. The van der Waals surface area contributed by atoms with Crippen molar-refractivity contribution in [3.05, 3.63) is 60.4 Å². The summed E-state index contributed by atoms with van der Waals surface area (Å²) in [5, 5.41) is 7.46. The molecule has 0 radical (unpaired) electrons. The first-order valence-electron chi connectivity index (χ1n) is 10.3. The minimum Gasteiger partial charge on any atom is -0.479 e. The van der Waals surface area contributed by atoms with Gasteiger partial charge in [0.25, 0.3) is 0 Å². The third kappa shape index (κ3) is 3.94. The van der Waals surface area contributed by atoms with Gasteiger partial charge in [-0.2, -0.15) is 4.98 Å². The summed E-state index contributed by atoms with van der Waals surface area (Å²) in [6.45, 7) is 2.77. The van der Waals surface area contributed by atoms with Crippen molar-refractivity contribution in [2.45, 2.75) is 25.8 Å². The van der Waals surface area contributed by atoms with Crippen molar-refractivity contribution >= 4 is 17.6 Å². The molecular formula is C22H22N8O2. The van der Waals surface area contributed by atoms with Gasteiger partial charge < -0.3 is 19.5 Å². The first kappa shape index (κ1) is 19.9. The number of methoxy groups -OCH3 is 1. The normalized spacial score (nSPS) is 15.7. The van der Waals surface area contributed by atoms with Gasteiger partial charge in [0.05, 0.1) is 13.2 Å². The second-order valence-electron chi connectivity index (χ2n) is 7.41. The van der Waals surface area contributed by atoms with Crippen molar-refractivity contribution in [3.63, 3.8) is 0 Å². The van der Waals surface area contributed by atoms with Gasteiger partial charge in [-0.15, -0.1) is 0 Å². The lowest BCUT2D eigenvalue weighted by molar-refractivity contribution is 0.361. The Labute approximate surface area is 184 Å². The van der Waals surface area contributed by atoms with Crippen LogP contribution in [0.25, 0.3) is 11.4 Å². The highest BCUT2D eigenvalue weighted by atomic mass is 16.5. The molecule has 162 valence electrons. The number of nitrogens with zero attached hydrogens (tertiary/aromatic N) is 7. The number of pyridine rings is 1. The fraction of sp³-hybridized carbons (Fsp3) is 0.273. The first-order valence-corrected chi connectivity index (χ1v) is 10.3. The van der Waals surface area contributed by atoms with Crippen LogP contribution in [0, 0.1) is 6.92 Å². The van der Waals surface area contributed by atoms with Crippen LogP contribution in [-0.2, 0) is 0 Å². The molecule has 32 heavy (non-hydrogen) atoms. The van der Waals surface area contributed by atoms with E-state index in [4.69, 9.17) is 14.2 Å². The van der Waals surface area contributed by atoms with Crippen LogP contribution < -0.4 is 15.0 Å². The molecule has 1 aliphatic heterocycles. The van der Waals surface area contributed by atoms with E-state index in [1.165, 1.54) is 0 Å². The number of anilines is 3. The summed E-state index contributed by atoms with van der Waals surface area (Å²) in [5.41, 5.74) is 1.99. The van der Waals surface area contributed by atoms with Gasteiger partial charge in [-0.25, -0.2) is 19.9 Å². The van der Waals surface area contributed by atoms with E-state index >= 15 is 0 Å². The number of hydrogen-bond acceptors (Lipinski definition) is 10. The van der Waals surface area contributed by atoms with Crippen LogP contribution in [0.15, 0.2) is 53.4 Å². The van der Waals surface area contributed by atoms with E-state index < -0.39 is 0 Å². The molecule has 0 aliphatic carbocycles. The average molecular weight is 430 g/mol. The fourth-order valence-electron chi connectivity index (χ4n) is 3.82. The topological polar surface area (TPSA) is 115 Å². The van der Waals surface area contributed by atoms with E-state index in [1.807, 2.05) is 37.3 Å². The second-order valence-corrected chi connectivity index (χ2v) is 7.41. The molecule has 10 heteroatoms.